The number of hydrogen-bond donors (Lipinski definition) is 2. The monoisotopic (exact) mass is 355 g/mol. The first kappa shape index (κ1) is 18.9. The zero-order chi connectivity index (χ0) is 18.5. The molecule has 1 saturated carbocycles. The van der Waals surface area contributed by atoms with Gasteiger partial charge in [0.05, 0.1) is 12.6 Å². The number of nitriles is 1. The molecule has 1 heterocycles. The van der Waals surface area contributed by atoms with Crippen LogP contribution in [0.4, 0.5) is 0 Å². The highest BCUT2D eigenvalue weighted by molar-refractivity contribution is 5.77. The maximum atomic E-state index is 12.5. The Morgan fingerprint density at radius 1 is 1.27 bits per heavy atom. The van der Waals surface area contributed by atoms with Crippen LogP contribution in [0.5, 0.6) is 0 Å². The smallest absolute Gasteiger partial charge is 0.221 e. The second-order valence-electron chi connectivity index (χ2n) is 8.28. The molecular weight excluding hydrogens is 324 g/mol. The minimum absolute atomic E-state index is 0.00489. The highest BCUT2D eigenvalue weighted by Crippen LogP contribution is 2.29. The molecule has 2 unspecified atom stereocenters. The second kappa shape index (κ2) is 8.20. The Labute approximate surface area is 156 Å². The summed E-state index contributed by atoms with van der Waals surface area (Å²) in [7, 11) is 0. The molecule has 1 aliphatic carbocycles. The van der Waals surface area contributed by atoms with E-state index < -0.39 is 5.54 Å². The summed E-state index contributed by atoms with van der Waals surface area (Å²) in [6.07, 6.45) is 8.49. The molecule has 0 radical (unpaired) electrons. The number of nitrogens with one attached hydrogen (secondary N) is 1. The van der Waals surface area contributed by atoms with Crippen LogP contribution in [0.3, 0.4) is 0 Å². The Hall–Kier alpha value is -1.90. The van der Waals surface area contributed by atoms with Crippen molar-refractivity contribution in [3.05, 3.63) is 35.9 Å². The van der Waals surface area contributed by atoms with Crippen LogP contribution in [0.2, 0.25) is 0 Å². The molecule has 2 aliphatic rings. The third-order valence-corrected chi connectivity index (χ3v) is 6.01. The van der Waals surface area contributed by atoms with Crippen molar-refractivity contribution in [3.63, 3.8) is 0 Å². The molecule has 140 valence electrons. The van der Waals surface area contributed by atoms with Gasteiger partial charge in [0.2, 0.25) is 5.91 Å². The van der Waals surface area contributed by atoms with Crippen molar-refractivity contribution in [1.82, 2.24) is 5.32 Å². The zero-order valence-corrected chi connectivity index (χ0v) is 15.6. The molecule has 3 rings (SSSR count). The van der Waals surface area contributed by atoms with E-state index in [0.29, 0.717) is 43.0 Å². The van der Waals surface area contributed by atoms with E-state index in [1.165, 1.54) is 32.1 Å². The fourth-order valence-electron chi connectivity index (χ4n) is 4.55. The number of rotatable bonds is 6. The average molecular weight is 356 g/mol. The van der Waals surface area contributed by atoms with Crippen LogP contribution in [0, 0.1) is 17.2 Å². The molecule has 1 aromatic carbocycles. The van der Waals surface area contributed by atoms with E-state index in [-0.39, 0.29) is 5.91 Å². The van der Waals surface area contributed by atoms with Crippen LogP contribution in [0.15, 0.2) is 30.3 Å². The van der Waals surface area contributed by atoms with Gasteiger partial charge in [-0.1, -0.05) is 62.4 Å². The van der Waals surface area contributed by atoms with Crippen molar-refractivity contribution >= 4 is 5.91 Å². The Morgan fingerprint density at radius 2 is 2.00 bits per heavy atom. The molecule has 5 heteroatoms. The van der Waals surface area contributed by atoms with Crippen molar-refractivity contribution in [2.24, 2.45) is 11.8 Å². The summed E-state index contributed by atoms with van der Waals surface area (Å²) in [4.78, 5) is 12.5. The largest absolute Gasteiger partial charge is 0.333 e. The van der Waals surface area contributed by atoms with Crippen LogP contribution in [-0.4, -0.2) is 29.1 Å². The minimum atomic E-state index is -0.826. The summed E-state index contributed by atoms with van der Waals surface area (Å²) in [5.74, 6) is 7.23. The predicted molar refractivity (Wildman–Crippen MR) is 101 cm³/mol. The SMILES string of the molecule is N#CC1(NC(=O)CCC2CCCCC2)CC[N+](N)(Cc2ccccc2)C1. The first-order chi connectivity index (χ1) is 12.5. The molecule has 3 N–H and O–H groups in total. The lowest BCUT2D eigenvalue weighted by atomic mass is 9.86. The summed E-state index contributed by atoms with van der Waals surface area (Å²) in [6, 6.07) is 12.5. The minimum Gasteiger partial charge on any atom is -0.333 e. The lowest BCUT2D eigenvalue weighted by Gasteiger charge is -2.30. The van der Waals surface area contributed by atoms with Crippen LogP contribution in [-0.2, 0) is 11.3 Å². The molecule has 26 heavy (non-hydrogen) atoms. The second-order valence-corrected chi connectivity index (χ2v) is 8.28. The van der Waals surface area contributed by atoms with Gasteiger partial charge in [-0.2, -0.15) is 11.1 Å². The highest BCUT2D eigenvalue weighted by Gasteiger charge is 2.49. The molecule has 1 saturated heterocycles. The van der Waals surface area contributed by atoms with Crippen molar-refractivity contribution in [3.8, 4) is 6.07 Å². The number of quaternary nitrogens is 1. The van der Waals surface area contributed by atoms with E-state index in [1.807, 2.05) is 18.2 Å². The molecular formula is C21H31N4O+. The van der Waals surface area contributed by atoms with Crippen LogP contribution in [0.1, 0.15) is 56.9 Å². The molecule has 5 nitrogen and oxygen atoms in total. The zero-order valence-electron chi connectivity index (χ0n) is 15.6. The number of likely N-dealkylation sites (tertiary alicyclic amines) is 1. The molecule has 0 aromatic heterocycles. The summed E-state index contributed by atoms with van der Waals surface area (Å²) in [5.41, 5.74) is 0.333. The van der Waals surface area contributed by atoms with Gasteiger partial charge in [0.1, 0.15) is 13.1 Å². The number of carbonyl (C=O) groups is 1. The molecule has 1 aromatic rings. The lowest BCUT2D eigenvalue weighted by Crippen LogP contribution is -2.57. The molecule has 1 aliphatic heterocycles. The number of nitrogens with zero attached hydrogens (tertiary/aromatic N) is 2. The van der Waals surface area contributed by atoms with Crippen molar-refractivity contribution < 1.29 is 9.39 Å². The quantitative estimate of drug-likeness (QED) is 0.608. The molecule has 0 bridgehead atoms. The van der Waals surface area contributed by atoms with Gasteiger partial charge in [-0.3, -0.25) is 4.79 Å². The van der Waals surface area contributed by atoms with E-state index in [2.05, 4.69) is 23.5 Å². The van der Waals surface area contributed by atoms with Gasteiger partial charge < -0.3 is 5.32 Å². The number of hydrogen-bond acceptors (Lipinski definition) is 3. The van der Waals surface area contributed by atoms with Gasteiger partial charge >= 0.3 is 0 Å². The molecule has 2 atom stereocenters. The summed E-state index contributed by atoms with van der Waals surface area (Å²) < 4.78 is 0.306. The number of carbonyl (C=O) groups excluding carboxylic acids is 1. The van der Waals surface area contributed by atoms with Crippen LogP contribution < -0.4 is 11.2 Å². The Balaban J connectivity index is 1.54. The van der Waals surface area contributed by atoms with Crippen LogP contribution >= 0.6 is 0 Å². The normalized spacial score (nSPS) is 29.2. The Kier molecular flexibility index (Phi) is 5.95. The number of nitrogens with two attached hydrogens (primary N) is 1. The third kappa shape index (κ3) is 4.84. The summed E-state index contributed by atoms with van der Waals surface area (Å²) in [6.45, 7) is 1.85. The van der Waals surface area contributed by atoms with Crippen molar-refractivity contribution in [1.29, 1.82) is 5.26 Å². The maximum absolute atomic E-state index is 12.5. The Morgan fingerprint density at radius 3 is 2.69 bits per heavy atom. The van der Waals surface area contributed by atoms with Crippen molar-refractivity contribution in [2.75, 3.05) is 13.1 Å². The van der Waals surface area contributed by atoms with E-state index in [0.717, 1.165) is 12.0 Å². The summed E-state index contributed by atoms with van der Waals surface area (Å²) in [5, 5.41) is 12.8. The van der Waals surface area contributed by atoms with Gasteiger partial charge in [-0.25, -0.2) is 4.59 Å². The molecule has 0 spiro atoms. The van der Waals surface area contributed by atoms with Gasteiger partial charge in [0.25, 0.3) is 0 Å². The van der Waals surface area contributed by atoms with Gasteiger partial charge in [-0.15, -0.1) is 0 Å². The van der Waals surface area contributed by atoms with E-state index in [4.69, 9.17) is 5.84 Å². The average Bonchev–Trinajstić information content (AvgIpc) is 2.98. The Bertz CT molecular complexity index is 650. The third-order valence-electron chi connectivity index (χ3n) is 6.01. The van der Waals surface area contributed by atoms with Crippen molar-refractivity contribution in [2.45, 2.75) is 63.5 Å². The number of amides is 1. The van der Waals surface area contributed by atoms with Gasteiger partial charge in [-0.05, 0) is 12.3 Å². The topological polar surface area (TPSA) is 78.9 Å². The van der Waals surface area contributed by atoms with Gasteiger partial charge in [0.15, 0.2) is 5.54 Å². The van der Waals surface area contributed by atoms with Crippen LogP contribution in [0.25, 0.3) is 0 Å². The fourth-order valence-corrected chi connectivity index (χ4v) is 4.55. The van der Waals surface area contributed by atoms with E-state index >= 15 is 0 Å². The van der Waals surface area contributed by atoms with E-state index in [1.54, 1.807) is 0 Å². The first-order valence-corrected chi connectivity index (χ1v) is 9.93. The first-order valence-electron chi connectivity index (χ1n) is 9.93. The number of benzene rings is 1. The summed E-state index contributed by atoms with van der Waals surface area (Å²) >= 11 is 0. The highest BCUT2D eigenvalue weighted by atomic mass is 16.1. The molecule has 1 amide bonds. The predicted octanol–water partition coefficient (Wildman–Crippen LogP) is 3.02. The van der Waals surface area contributed by atoms with E-state index in [9.17, 15) is 10.1 Å². The lowest BCUT2D eigenvalue weighted by molar-refractivity contribution is -0.942. The standard InChI is InChI=1S/C21H30N4O/c22-16-21(24-20(26)12-11-18-7-3-1-4-8-18)13-14-25(23,17-21)15-19-9-5-2-6-10-19/h2,5-6,9-10,18H,1,3-4,7-8,11-15,17,23H2/p+1. The van der Waals surface area contributed by atoms with Gasteiger partial charge in [0, 0.05) is 18.4 Å². The molecule has 2 fully saturated rings. The fraction of sp³-hybridized carbons (Fsp3) is 0.619. The maximum Gasteiger partial charge on any atom is 0.221 e.